The molecule has 1 amide bonds. The van der Waals surface area contributed by atoms with E-state index in [0.29, 0.717) is 22.8 Å². The Bertz CT molecular complexity index is 1560. The van der Waals surface area contributed by atoms with Crippen LogP contribution in [-0.2, 0) is 16.6 Å². The number of tetrazole rings is 1. The number of phenols is 1. The van der Waals surface area contributed by atoms with Gasteiger partial charge in [0.05, 0.1) is 11.4 Å². The number of H-pyrrole nitrogens is 1. The Kier molecular flexibility index (Phi) is 6.46. The number of nitrogens with one attached hydrogen (secondary N) is 4. The SMILES string of the molecule is CC(=N)/C(=N/Nc1cccc(-c2cccc(-c3nnn[nH]3)c2)c1O)C(=O)Nc1ccc2c(c1)C(C)(C)CC2. The highest BCUT2D eigenvalue weighted by atomic mass is 16.3. The monoisotopic (exact) mass is 508 g/mol. The lowest BCUT2D eigenvalue weighted by molar-refractivity contribution is -0.110. The van der Waals surface area contributed by atoms with Gasteiger partial charge >= 0.3 is 0 Å². The number of para-hydroxylation sites is 1. The highest BCUT2D eigenvalue weighted by Crippen LogP contribution is 2.39. The lowest BCUT2D eigenvalue weighted by Crippen LogP contribution is -2.29. The Labute approximate surface area is 219 Å². The number of benzene rings is 3. The third kappa shape index (κ3) is 4.88. The average molecular weight is 509 g/mol. The molecule has 3 aromatic carbocycles. The van der Waals surface area contributed by atoms with Crippen LogP contribution < -0.4 is 10.7 Å². The molecular formula is C28H28N8O2. The number of aromatic nitrogens is 4. The molecule has 0 saturated heterocycles. The van der Waals surface area contributed by atoms with Crippen LogP contribution in [-0.4, -0.2) is 43.1 Å². The van der Waals surface area contributed by atoms with E-state index in [1.54, 1.807) is 18.2 Å². The fourth-order valence-electron chi connectivity index (χ4n) is 4.68. The summed E-state index contributed by atoms with van der Waals surface area (Å²) in [6.07, 6.45) is 2.09. The molecule has 5 N–H and O–H groups in total. The van der Waals surface area contributed by atoms with Gasteiger partial charge < -0.3 is 15.8 Å². The number of aromatic hydroxyl groups is 1. The molecule has 0 fully saturated rings. The van der Waals surface area contributed by atoms with E-state index in [1.807, 2.05) is 42.5 Å². The summed E-state index contributed by atoms with van der Waals surface area (Å²) in [6.45, 7) is 5.89. The van der Waals surface area contributed by atoms with Crippen LogP contribution in [0.25, 0.3) is 22.5 Å². The van der Waals surface area contributed by atoms with Gasteiger partial charge in [-0.25, -0.2) is 5.10 Å². The van der Waals surface area contributed by atoms with Crippen molar-refractivity contribution >= 4 is 28.7 Å². The number of aryl methyl sites for hydroxylation is 1. The number of aromatic amines is 1. The first kappa shape index (κ1) is 24.8. The number of carbonyl (C=O) groups excluding carboxylic acids is 1. The largest absolute Gasteiger partial charge is 0.505 e. The number of hydrogen-bond acceptors (Lipinski definition) is 8. The molecule has 38 heavy (non-hydrogen) atoms. The molecule has 1 aliphatic carbocycles. The van der Waals surface area contributed by atoms with Crippen LogP contribution in [0.15, 0.2) is 65.8 Å². The normalized spacial score (nSPS) is 14.1. The number of amides is 1. The molecular weight excluding hydrogens is 480 g/mol. The minimum atomic E-state index is -0.509. The lowest BCUT2D eigenvalue weighted by atomic mass is 9.86. The molecule has 0 unspecified atom stereocenters. The molecule has 0 saturated carbocycles. The molecule has 0 spiro atoms. The average Bonchev–Trinajstić information content (AvgIpc) is 3.53. The van der Waals surface area contributed by atoms with Gasteiger partial charge in [0.15, 0.2) is 11.5 Å². The Balaban J connectivity index is 1.38. The molecule has 192 valence electrons. The van der Waals surface area contributed by atoms with E-state index in [0.717, 1.165) is 24.0 Å². The van der Waals surface area contributed by atoms with Crippen molar-refractivity contribution in [1.82, 2.24) is 20.6 Å². The number of rotatable bonds is 7. The second-order valence-corrected chi connectivity index (χ2v) is 9.94. The minimum absolute atomic E-state index is 0.0134. The second kappa shape index (κ2) is 9.89. The summed E-state index contributed by atoms with van der Waals surface area (Å²) in [6, 6.07) is 18.5. The van der Waals surface area contributed by atoms with E-state index < -0.39 is 5.91 Å². The molecule has 10 heteroatoms. The number of carbonyl (C=O) groups is 1. The fraction of sp³-hybridized carbons (Fsp3) is 0.214. The molecule has 1 heterocycles. The first-order valence-electron chi connectivity index (χ1n) is 12.2. The lowest BCUT2D eigenvalue weighted by Gasteiger charge is -2.19. The summed E-state index contributed by atoms with van der Waals surface area (Å²) < 4.78 is 0. The van der Waals surface area contributed by atoms with E-state index in [9.17, 15) is 9.90 Å². The highest BCUT2D eigenvalue weighted by molar-refractivity contribution is 6.67. The number of hydrazone groups is 1. The molecule has 1 aromatic heterocycles. The van der Waals surface area contributed by atoms with E-state index in [-0.39, 0.29) is 22.6 Å². The van der Waals surface area contributed by atoms with E-state index in [4.69, 9.17) is 5.41 Å². The van der Waals surface area contributed by atoms with Crippen LogP contribution >= 0.6 is 0 Å². The predicted molar refractivity (Wildman–Crippen MR) is 148 cm³/mol. The Hall–Kier alpha value is -4.86. The summed E-state index contributed by atoms with van der Waals surface area (Å²) in [7, 11) is 0. The van der Waals surface area contributed by atoms with Crippen molar-refractivity contribution in [1.29, 1.82) is 5.41 Å². The van der Waals surface area contributed by atoms with Crippen LogP contribution in [0.2, 0.25) is 0 Å². The smallest absolute Gasteiger partial charge is 0.277 e. The van der Waals surface area contributed by atoms with Crippen molar-refractivity contribution in [2.45, 2.75) is 39.0 Å². The molecule has 4 aromatic rings. The standard InChI is InChI=1S/C28H28N8O2/c1-16(29)24(27(38)30-20-11-10-17-12-13-28(2,3)22(17)15-20)32-31-23-9-5-8-21(25(23)37)18-6-4-7-19(14-18)26-33-35-36-34-26/h4-11,14-15,29,31,37H,12-13H2,1-3H3,(H,30,38)(H,33,34,35,36)/b29-16?,32-24-. The Morgan fingerprint density at radius 1 is 1.11 bits per heavy atom. The predicted octanol–water partition coefficient (Wildman–Crippen LogP) is 4.91. The number of phenolic OH excluding ortho intramolecular Hbond substituents is 1. The van der Waals surface area contributed by atoms with Gasteiger partial charge in [-0.1, -0.05) is 50.2 Å². The summed E-state index contributed by atoms with van der Waals surface area (Å²) in [4.78, 5) is 13.1. The van der Waals surface area contributed by atoms with Crippen molar-refractivity contribution in [3.63, 3.8) is 0 Å². The molecule has 0 atom stereocenters. The summed E-state index contributed by atoms with van der Waals surface area (Å²) >= 11 is 0. The van der Waals surface area contributed by atoms with Gasteiger partial charge in [-0.15, -0.1) is 5.10 Å². The fourth-order valence-corrected chi connectivity index (χ4v) is 4.68. The first-order valence-corrected chi connectivity index (χ1v) is 12.2. The number of hydrogen-bond donors (Lipinski definition) is 5. The third-order valence-corrected chi connectivity index (χ3v) is 6.80. The zero-order valence-corrected chi connectivity index (χ0v) is 21.3. The summed E-state index contributed by atoms with van der Waals surface area (Å²) in [5, 5.41) is 40.0. The van der Waals surface area contributed by atoms with Crippen LogP contribution in [0.5, 0.6) is 5.75 Å². The minimum Gasteiger partial charge on any atom is -0.505 e. The van der Waals surface area contributed by atoms with Gasteiger partial charge in [0.25, 0.3) is 5.91 Å². The van der Waals surface area contributed by atoms with E-state index in [2.05, 4.69) is 50.3 Å². The second-order valence-electron chi connectivity index (χ2n) is 9.94. The zero-order valence-electron chi connectivity index (χ0n) is 21.3. The van der Waals surface area contributed by atoms with Gasteiger partial charge in [0.1, 0.15) is 5.75 Å². The van der Waals surface area contributed by atoms with Crippen molar-refractivity contribution in [3.05, 3.63) is 71.8 Å². The van der Waals surface area contributed by atoms with Crippen molar-refractivity contribution in [2.24, 2.45) is 5.10 Å². The highest BCUT2D eigenvalue weighted by Gasteiger charge is 2.30. The van der Waals surface area contributed by atoms with Crippen LogP contribution in [0, 0.1) is 5.41 Å². The zero-order chi connectivity index (χ0) is 26.9. The molecule has 0 radical (unpaired) electrons. The van der Waals surface area contributed by atoms with Gasteiger partial charge in [-0.3, -0.25) is 10.2 Å². The Morgan fingerprint density at radius 2 is 1.89 bits per heavy atom. The maximum atomic E-state index is 13.1. The van der Waals surface area contributed by atoms with Gasteiger partial charge in [-0.05, 0) is 76.6 Å². The van der Waals surface area contributed by atoms with E-state index in [1.165, 1.54) is 18.1 Å². The first-order chi connectivity index (χ1) is 18.2. The number of anilines is 2. The van der Waals surface area contributed by atoms with Crippen LogP contribution in [0.1, 0.15) is 38.3 Å². The van der Waals surface area contributed by atoms with Crippen LogP contribution in [0.4, 0.5) is 11.4 Å². The molecule has 10 nitrogen and oxygen atoms in total. The van der Waals surface area contributed by atoms with Crippen molar-refractivity contribution < 1.29 is 9.90 Å². The number of nitrogens with zero attached hydrogens (tertiary/aromatic N) is 4. The topological polar surface area (TPSA) is 152 Å². The Morgan fingerprint density at radius 3 is 2.66 bits per heavy atom. The molecule has 0 aliphatic heterocycles. The number of fused-ring (bicyclic) bond motifs is 1. The third-order valence-electron chi connectivity index (χ3n) is 6.80. The van der Waals surface area contributed by atoms with Crippen molar-refractivity contribution in [2.75, 3.05) is 10.7 Å². The van der Waals surface area contributed by atoms with Crippen LogP contribution in [0.3, 0.4) is 0 Å². The van der Waals surface area contributed by atoms with E-state index >= 15 is 0 Å². The molecule has 1 aliphatic rings. The van der Waals surface area contributed by atoms with Gasteiger partial charge in [0, 0.05) is 16.8 Å². The maximum absolute atomic E-state index is 13.1. The van der Waals surface area contributed by atoms with Gasteiger partial charge in [-0.2, -0.15) is 5.10 Å². The maximum Gasteiger partial charge on any atom is 0.277 e. The quantitative estimate of drug-likeness (QED) is 0.136. The molecule has 5 rings (SSSR count). The van der Waals surface area contributed by atoms with Gasteiger partial charge in [0.2, 0.25) is 0 Å². The summed E-state index contributed by atoms with van der Waals surface area (Å²) in [5.41, 5.74) is 8.24. The van der Waals surface area contributed by atoms with Crippen molar-refractivity contribution in [3.8, 4) is 28.3 Å². The summed E-state index contributed by atoms with van der Waals surface area (Å²) in [5.74, 6) is -0.0497. The molecule has 0 bridgehead atoms.